The molecule has 214 valence electrons. The van der Waals surface area contributed by atoms with Gasteiger partial charge in [-0.3, -0.25) is 9.69 Å². The molecule has 2 aromatic carbocycles. The number of aliphatic carboxylic acids is 1. The molecule has 1 unspecified atom stereocenters. The second kappa shape index (κ2) is 11.3. The first-order chi connectivity index (χ1) is 18.1. The number of rotatable bonds is 5. The van der Waals surface area contributed by atoms with E-state index in [4.69, 9.17) is 34.8 Å². The van der Waals surface area contributed by atoms with Crippen molar-refractivity contribution in [3.8, 4) is 0 Å². The average Bonchev–Trinajstić information content (AvgIpc) is 3.21. The van der Waals surface area contributed by atoms with Gasteiger partial charge in [-0.2, -0.15) is 13.2 Å². The van der Waals surface area contributed by atoms with Crippen molar-refractivity contribution in [3.63, 3.8) is 0 Å². The molecule has 11 heteroatoms. The van der Waals surface area contributed by atoms with Gasteiger partial charge in [0.2, 0.25) is 0 Å². The number of alkyl halides is 3. The molecular weight excluding hydrogens is 645 g/mol. The van der Waals surface area contributed by atoms with Crippen LogP contribution in [0.4, 0.5) is 17.6 Å². The first-order valence-corrected chi connectivity index (χ1v) is 14.7. The van der Waals surface area contributed by atoms with E-state index in [0.29, 0.717) is 6.42 Å². The van der Waals surface area contributed by atoms with Crippen LogP contribution in [0.25, 0.3) is 0 Å². The molecule has 1 saturated carbocycles. The molecule has 2 fully saturated rings. The lowest BCUT2D eigenvalue weighted by molar-refractivity contribution is -0.204. The van der Waals surface area contributed by atoms with Crippen LogP contribution in [-0.2, 0) is 10.2 Å². The topological polar surface area (TPSA) is 40.5 Å². The van der Waals surface area contributed by atoms with Gasteiger partial charge in [-0.15, -0.1) is 0 Å². The highest BCUT2D eigenvalue weighted by atomic mass is 79.9. The van der Waals surface area contributed by atoms with Crippen LogP contribution in [0.2, 0.25) is 15.1 Å². The summed E-state index contributed by atoms with van der Waals surface area (Å²) in [5, 5.41) is 10.1. The van der Waals surface area contributed by atoms with Crippen molar-refractivity contribution in [1.29, 1.82) is 0 Å². The lowest BCUT2D eigenvalue weighted by atomic mass is 9.68. The first kappa shape index (κ1) is 30.9. The molecule has 3 nitrogen and oxygen atoms in total. The van der Waals surface area contributed by atoms with E-state index in [-0.39, 0.29) is 54.5 Å². The number of carboxylic acid groups (broad SMARTS) is 1. The zero-order chi connectivity index (χ0) is 29.0. The van der Waals surface area contributed by atoms with Gasteiger partial charge in [0.05, 0.1) is 25.5 Å². The quantitative estimate of drug-likeness (QED) is 0.254. The van der Waals surface area contributed by atoms with Gasteiger partial charge in [0, 0.05) is 18.6 Å². The van der Waals surface area contributed by atoms with Crippen LogP contribution < -0.4 is 0 Å². The van der Waals surface area contributed by atoms with Gasteiger partial charge in [0.25, 0.3) is 0 Å². The number of halogens is 8. The van der Waals surface area contributed by atoms with E-state index in [1.165, 1.54) is 12.1 Å². The Balaban J connectivity index is 2.04. The van der Waals surface area contributed by atoms with Gasteiger partial charge in [-0.05, 0) is 81.9 Å². The van der Waals surface area contributed by atoms with Gasteiger partial charge in [-0.25, -0.2) is 4.39 Å². The highest BCUT2D eigenvalue weighted by Crippen LogP contribution is 2.60. The summed E-state index contributed by atoms with van der Waals surface area (Å²) in [5.41, 5.74) is -2.95. The molecule has 1 saturated heterocycles. The molecule has 2 aromatic rings. The SMILES string of the molecule is CC(C)[C@@H]1CC[C@@H](C)C[C@H]1N1C[C@](c2cc(Cl)c(Cl)c(Cl)c2)(C(F)(F)F)[C@@H](C(=O)O)C1c1ccc(F)c(Br)c1. The minimum atomic E-state index is -5.01. The normalized spacial score (nSPS) is 30.2. The zero-order valence-electron chi connectivity index (χ0n) is 21.5. The highest BCUT2D eigenvalue weighted by Gasteiger charge is 2.71. The molecular formula is C28H29BrCl3F4NO2. The van der Waals surface area contributed by atoms with Crippen molar-refractivity contribution in [1.82, 2.24) is 4.90 Å². The van der Waals surface area contributed by atoms with Crippen LogP contribution in [0.15, 0.2) is 34.8 Å². The van der Waals surface area contributed by atoms with Crippen LogP contribution in [-0.4, -0.2) is 34.7 Å². The second-order valence-corrected chi connectivity index (χ2v) is 13.3. The Morgan fingerprint density at radius 1 is 1.13 bits per heavy atom. The van der Waals surface area contributed by atoms with Crippen molar-refractivity contribution in [2.45, 2.75) is 63.7 Å². The van der Waals surface area contributed by atoms with Gasteiger partial charge in [0.15, 0.2) is 0 Å². The van der Waals surface area contributed by atoms with Gasteiger partial charge < -0.3 is 5.11 Å². The summed E-state index contributed by atoms with van der Waals surface area (Å²) in [5.74, 6) is -3.75. The van der Waals surface area contributed by atoms with Crippen LogP contribution in [0.3, 0.4) is 0 Å². The Kier molecular flexibility index (Phi) is 8.96. The van der Waals surface area contributed by atoms with Gasteiger partial charge in [-0.1, -0.05) is 68.1 Å². The summed E-state index contributed by atoms with van der Waals surface area (Å²) < 4.78 is 60.8. The summed E-state index contributed by atoms with van der Waals surface area (Å²) in [4.78, 5) is 14.7. The first-order valence-electron chi connectivity index (χ1n) is 12.7. The van der Waals surface area contributed by atoms with Crippen molar-refractivity contribution in [2.75, 3.05) is 6.54 Å². The maximum atomic E-state index is 15.5. The molecule has 39 heavy (non-hydrogen) atoms. The van der Waals surface area contributed by atoms with Crippen molar-refractivity contribution < 1.29 is 27.5 Å². The summed E-state index contributed by atoms with van der Waals surface area (Å²) in [6.45, 7) is 5.52. The maximum absolute atomic E-state index is 15.5. The van der Waals surface area contributed by atoms with Gasteiger partial charge in [0.1, 0.15) is 11.2 Å². The summed E-state index contributed by atoms with van der Waals surface area (Å²) in [6.07, 6.45) is -2.64. The predicted molar refractivity (Wildman–Crippen MR) is 149 cm³/mol. The smallest absolute Gasteiger partial charge is 0.400 e. The number of likely N-dealkylation sites (tertiary alicyclic amines) is 1. The maximum Gasteiger partial charge on any atom is 0.400 e. The Morgan fingerprint density at radius 3 is 2.26 bits per heavy atom. The third-order valence-corrected chi connectivity index (χ3v) is 10.4. The number of carbonyl (C=O) groups is 1. The van der Waals surface area contributed by atoms with Crippen LogP contribution in [0.5, 0.6) is 0 Å². The van der Waals surface area contributed by atoms with E-state index in [9.17, 15) is 14.3 Å². The van der Waals surface area contributed by atoms with Crippen LogP contribution >= 0.6 is 50.7 Å². The van der Waals surface area contributed by atoms with E-state index < -0.39 is 41.9 Å². The molecule has 2 aliphatic rings. The molecule has 0 aromatic heterocycles. The third kappa shape index (κ3) is 5.45. The van der Waals surface area contributed by atoms with Gasteiger partial charge >= 0.3 is 12.1 Å². The van der Waals surface area contributed by atoms with Crippen LogP contribution in [0, 0.1) is 29.5 Å². The fourth-order valence-corrected chi connectivity index (χ4v) is 7.73. The second-order valence-electron chi connectivity index (χ2n) is 11.2. The molecule has 6 atom stereocenters. The molecule has 0 radical (unpaired) electrons. The average molecular weight is 674 g/mol. The number of hydrogen-bond donors (Lipinski definition) is 1. The van der Waals surface area contributed by atoms with E-state index in [0.717, 1.165) is 31.0 Å². The van der Waals surface area contributed by atoms with Crippen molar-refractivity contribution in [3.05, 3.63) is 66.8 Å². The molecule has 4 rings (SSSR count). The van der Waals surface area contributed by atoms with E-state index in [2.05, 4.69) is 22.9 Å². The minimum Gasteiger partial charge on any atom is -0.481 e. The Labute approximate surface area is 248 Å². The Bertz CT molecular complexity index is 1240. The summed E-state index contributed by atoms with van der Waals surface area (Å²) in [6, 6.07) is 4.52. The number of nitrogens with zero attached hydrogens (tertiary/aromatic N) is 1. The van der Waals surface area contributed by atoms with Crippen LogP contribution in [0.1, 0.15) is 57.2 Å². The lowest BCUT2D eigenvalue weighted by Crippen LogP contribution is -2.52. The summed E-state index contributed by atoms with van der Waals surface area (Å²) in [7, 11) is 0. The third-order valence-electron chi connectivity index (χ3n) is 8.61. The lowest BCUT2D eigenvalue weighted by Gasteiger charge is -2.45. The largest absolute Gasteiger partial charge is 0.481 e. The standard InChI is InChI=1S/C28H29BrCl3F4NO2/c1-13(2)17-6-4-14(3)8-22(17)37-12-27(28(34,35)36,16-10-19(30)24(32)20(31)11-16)23(26(38)39)25(37)15-5-7-21(33)18(29)9-15/h5,7,9-11,13-14,17,22-23,25H,4,6,8,12H2,1-3H3,(H,38,39)/t14-,17+,22-,23-,25?,27-/m1/s1. The molecule has 1 N–H and O–H groups in total. The highest BCUT2D eigenvalue weighted by molar-refractivity contribution is 9.10. The Morgan fingerprint density at radius 2 is 1.74 bits per heavy atom. The molecule has 1 aliphatic heterocycles. The minimum absolute atomic E-state index is 0.0449. The summed E-state index contributed by atoms with van der Waals surface area (Å²) >= 11 is 21.6. The number of hydrogen-bond acceptors (Lipinski definition) is 2. The van der Waals surface area contributed by atoms with E-state index >= 15 is 13.2 Å². The molecule has 0 bridgehead atoms. The fourth-order valence-electron chi connectivity index (χ4n) is 6.74. The zero-order valence-corrected chi connectivity index (χ0v) is 25.4. The monoisotopic (exact) mass is 671 g/mol. The number of benzene rings is 2. The Hall–Kier alpha value is -1.06. The van der Waals surface area contributed by atoms with E-state index in [1.54, 1.807) is 4.90 Å². The van der Waals surface area contributed by atoms with Crippen molar-refractivity contribution >= 4 is 56.7 Å². The molecule has 1 aliphatic carbocycles. The van der Waals surface area contributed by atoms with Crippen molar-refractivity contribution in [2.24, 2.45) is 23.7 Å². The predicted octanol–water partition coefficient (Wildman–Crippen LogP) is 9.57. The molecule has 0 amide bonds. The molecule has 0 spiro atoms. The number of carboxylic acids is 1. The van der Waals surface area contributed by atoms with E-state index in [1.807, 2.05) is 13.8 Å². The molecule has 1 heterocycles. The fraction of sp³-hybridized carbons (Fsp3) is 0.536.